The number of carbonyl (C=O) groups is 1. The average Bonchev–Trinajstić information content (AvgIpc) is 3.33. The van der Waals surface area contributed by atoms with Gasteiger partial charge in [-0.3, -0.25) is 0 Å². The summed E-state index contributed by atoms with van der Waals surface area (Å²) in [5.74, 6) is -0.00559. The third kappa shape index (κ3) is 9.26. The highest BCUT2D eigenvalue weighted by Gasteiger charge is 2.29. The molecule has 1 aromatic heterocycles. The van der Waals surface area contributed by atoms with Gasteiger partial charge in [0.05, 0.1) is 28.1 Å². The number of hydrogen-bond donors (Lipinski definition) is 3. The molecule has 0 aliphatic heterocycles. The van der Waals surface area contributed by atoms with Crippen molar-refractivity contribution in [3.05, 3.63) is 87.9 Å². The zero-order valence-corrected chi connectivity index (χ0v) is 23.2. The van der Waals surface area contributed by atoms with Crippen LogP contribution >= 0.6 is 11.3 Å². The van der Waals surface area contributed by atoms with Crippen LogP contribution in [0.25, 0.3) is 0 Å². The van der Waals surface area contributed by atoms with Crippen LogP contribution in [-0.4, -0.2) is 39.0 Å². The second-order valence-corrected chi connectivity index (χ2v) is 12.0. The number of nitrogens with one attached hydrogen (secondary N) is 1. The molecule has 0 aliphatic rings. The molecule has 3 N–H and O–H groups in total. The number of rotatable bonds is 11. The molecular weight excluding hydrogens is 484 g/mol. The summed E-state index contributed by atoms with van der Waals surface area (Å²) in [5.41, 5.74) is 1.51. The van der Waals surface area contributed by atoms with Gasteiger partial charge in [0.15, 0.2) is 0 Å². The van der Waals surface area contributed by atoms with Gasteiger partial charge in [-0.25, -0.2) is 9.78 Å². The number of carbonyl (C=O) groups excluding carboxylic acids is 1. The smallest absolute Gasteiger partial charge is 0.407 e. The Labute approximate surface area is 224 Å². The highest BCUT2D eigenvalue weighted by Crippen LogP contribution is 2.34. The van der Waals surface area contributed by atoms with Crippen LogP contribution < -0.4 is 5.32 Å². The number of benzene rings is 2. The number of alkyl carbamates (subject to hydrolysis) is 1. The lowest BCUT2D eigenvalue weighted by Gasteiger charge is -2.29. The molecule has 0 radical (unpaired) electrons. The SMILES string of the molecule is CC(C)[C@@H](O)c1cnc(C(Cc2ccccc2)C[C@H](O)[C@H](Cc2ccccc2)NC(=O)OC(C)(C)C)s1. The molecule has 0 aliphatic carbocycles. The van der Waals surface area contributed by atoms with Crippen LogP contribution in [0.2, 0.25) is 0 Å². The van der Waals surface area contributed by atoms with Crippen LogP contribution in [0.3, 0.4) is 0 Å². The topological polar surface area (TPSA) is 91.7 Å². The molecule has 0 bridgehead atoms. The fraction of sp³-hybridized carbons (Fsp3) is 0.467. The molecule has 3 rings (SSSR count). The molecule has 1 amide bonds. The quantitative estimate of drug-likeness (QED) is 0.284. The predicted octanol–water partition coefficient (Wildman–Crippen LogP) is 6.05. The molecule has 0 saturated carbocycles. The zero-order valence-electron chi connectivity index (χ0n) is 22.4. The van der Waals surface area contributed by atoms with Gasteiger partial charge >= 0.3 is 6.09 Å². The van der Waals surface area contributed by atoms with E-state index in [-0.39, 0.29) is 11.8 Å². The Kier molecular flexibility index (Phi) is 10.3. The fourth-order valence-corrected chi connectivity index (χ4v) is 5.38. The van der Waals surface area contributed by atoms with Crippen LogP contribution in [0, 0.1) is 5.92 Å². The summed E-state index contributed by atoms with van der Waals surface area (Å²) in [5, 5.41) is 25.8. The monoisotopic (exact) mass is 524 g/mol. The van der Waals surface area contributed by atoms with Gasteiger partial charge in [-0.1, -0.05) is 74.5 Å². The van der Waals surface area contributed by atoms with E-state index < -0.39 is 29.9 Å². The highest BCUT2D eigenvalue weighted by molar-refractivity contribution is 7.11. The van der Waals surface area contributed by atoms with Crippen LogP contribution in [0.15, 0.2) is 66.9 Å². The third-order valence-corrected chi connectivity index (χ3v) is 7.36. The lowest BCUT2D eigenvalue weighted by molar-refractivity contribution is 0.0405. The Balaban J connectivity index is 1.85. The van der Waals surface area contributed by atoms with Crippen molar-refractivity contribution in [1.82, 2.24) is 10.3 Å². The second-order valence-electron chi connectivity index (χ2n) is 10.9. The van der Waals surface area contributed by atoms with E-state index in [4.69, 9.17) is 4.74 Å². The third-order valence-electron chi connectivity index (χ3n) is 6.13. The Bertz CT molecular complexity index is 1100. The fourth-order valence-electron chi connectivity index (χ4n) is 4.19. The maximum atomic E-state index is 12.7. The van der Waals surface area contributed by atoms with Crippen LogP contribution in [-0.2, 0) is 17.6 Å². The Hall–Kier alpha value is -2.74. The number of amides is 1. The molecular formula is C30H40N2O4S. The lowest BCUT2D eigenvalue weighted by atomic mass is 9.89. The maximum absolute atomic E-state index is 12.7. The average molecular weight is 525 g/mol. The first-order chi connectivity index (χ1) is 17.5. The van der Waals surface area contributed by atoms with Crippen LogP contribution in [0.1, 0.15) is 74.1 Å². The van der Waals surface area contributed by atoms with E-state index in [1.165, 1.54) is 11.3 Å². The molecule has 4 atom stereocenters. The van der Waals surface area contributed by atoms with Gasteiger partial charge < -0.3 is 20.3 Å². The molecule has 0 saturated heterocycles. The zero-order chi connectivity index (χ0) is 27.0. The molecule has 1 unspecified atom stereocenters. The van der Waals surface area contributed by atoms with Gasteiger partial charge in [0.25, 0.3) is 0 Å². The first-order valence-electron chi connectivity index (χ1n) is 12.9. The van der Waals surface area contributed by atoms with Crippen molar-refractivity contribution in [2.45, 2.75) is 83.6 Å². The number of thiazole rings is 1. The molecule has 1 heterocycles. The van der Waals surface area contributed by atoms with Crippen LogP contribution in [0.4, 0.5) is 4.79 Å². The number of aliphatic hydroxyl groups is 2. The lowest BCUT2D eigenvalue weighted by Crippen LogP contribution is -2.47. The summed E-state index contributed by atoms with van der Waals surface area (Å²) in [7, 11) is 0. The summed E-state index contributed by atoms with van der Waals surface area (Å²) in [6, 6.07) is 19.4. The van der Waals surface area contributed by atoms with Gasteiger partial charge in [0.1, 0.15) is 5.60 Å². The minimum Gasteiger partial charge on any atom is -0.444 e. The van der Waals surface area contributed by atoms with Crippen molar-refractivity contribution in [3.8, 4) is 0 Å². The van der Waals surface area contributed by atoms with E-state index in [9.17, 15) is 15.0 Å². The molecule has 2 aromatic carbocycles. The summed E-state index contributed by atoms with van der Waals surface area (Å²) < 4.78 is 5.49. The van der Waals surface area contributed by atoms with Crippen molar-refractivity contribution in [1.29, 1.82) is 0 Å². The maximum Gasteiger partial charge on any atom is 0.407 e. The second kappa shape index (κ2) is 13.2. The van der Waals surface area contributed by atoms with Gasteiger partial charge in [0, 0.05) is 12.1 Å². The largest absolute Gasteiger partial charge is 0.444 e. The van der Waals surface area contributed by atoms with Crippen molar-refractivity contribution in [2.75, 3.05) is 0 Å². The Morgan fingerprint density at radius 1 is 0.973 bits per heavy atom. The van der Waals surface area contributed by atoms with E-state index in [2.05, 4.69) is 22.4 Å². The van der Waals surface area contributed by atoms with Gasteiger partial charge in [0.2, 0.25) is 0 Å². The number of hydrogen-bond acceptors (Lipinski definition) is 6. The van der Waals surface area contributed by atoms with Gasteiger partial charge in [-0.05, 0) is 57.1 Å². The first kappa shape index (κ1) is 28.8. The number of aromatic nitrogens is 1. The summed E-state index contributed by atoms with van der Waals surface area (Å²) in [6.07, 6.45) is 1.32. The molecule has 3 aromatic rings. The van der Waals surface area contributed by atoms with E-state index in [1.54, 1.807) is 6.20 Å². The molecule has 0 spiro atoms. The van der Waals surface area contributed by atoms with E-state index in [0.29, 0.717) is 19.3 Å². The molecule has 6 nitrogen and oxygen atoms in total. The summed E-state index contributed by atoms with van der Waals surface area (Å²) in [6.45, 7) is 9.40. The van der Waals surface area contributed by atoms with Gasteiger partial charge in [-0.2, -0.15) is 0 Å². The molecule has 37 heavy (non-hydrogen) atoms. The minimum atomic E-state index is -0.844. The highest BCUT2D eigenvalue weighted by atomic mass is 32.1. The standard InChI is InChI=1S/C30H40N2O4S/c1-20(2)27(34)26-19-31-28(37-26)23(16-21-12-8-6-9-13-21)18-25(33)24(17-22-14-10-7-11-15-22)32-29(35)36-30(3,4)5/h6-15,19-20,23-25,27,33-34H,16-18H2,1-5H3,(H,32,35)/t23?,24-,25-,27+/m0/s1. The molecule has 200 valence electrons. The van der Waals surface area contributed by atoms with Crippen molar-refractivity contribution >= 4 is 17.4 Å². The summed E-state index contributed by atoms with van der Waals surface area (Å²) >= 11 is 1.49. The van der Waals surface area contributed by atoms with Gasteiger partial charge in [-0.15, -0.1) is 11.3 Å². The minimum absolute atomic E-state index is 0.0831. The number of nitrogens with zero attached hydrogens (tertiary/aromatic N) is 1. The van der Waals surface area contributed by atoms with Crippen molar-refractivity contribution in [2.24, 2.45) is 5.92 Å². The Morgan fingerprint density at radius 3 is 2.08 bits per heavy atom. The van der Waals surface area contributed by atoms with E-state index in [0.717, 1.165) is 21.0 Å². The molecule has 7 heteroatoms. The predicted molar refractivity (Wildman–Crippen MR) is 149 cm³/mol. The molecule has 0 fully saturated rings. The number of aliphatic hydroxyl groups excluding tert-OH is 2. The van der Waals surface area contributed by atoms with E-state index >= 15 is 0 Å². The number of ether oxygens (including phenoxy) is 1. The van der Waals surface area contributed by atoms with Crippen molar-refractivity contribution in [3.63, 3.8) is 0 Å². The van der Waals surface area contributed by atoms with Crippen LogP contribution in [0.5, 0.6) is 0 Å². The first-order valence-corrected chi connectivity index (χ1v) is 13.7. The van der Waals surface area contributed by atoms with E-state index in [1.807, 2.05) is 83.1 Å². The Morgan fingerprint density at radius 2 is 1.54 bits per heavy atom. The summed E-state index contributed by atoms with van der Waals surface area (Å²) in [4.78, 5) is 18.2. The van der Waals surface area contributed by atoms with Crippen molar-refractivity contribution < 1.29 is 19.7 Å². The normalized spacial score (nSPS) is 15.1.